The third-order valence-electron chi connectivity index (χ3n) is 4.15. The van der Waals surface area contributed by atoms with Crippen LogP contribution in [0.15, 0.2) is 24.3 Å². The zero-order chi connectivity index (χ0) is 16.8. The van der Waals surface area contributed by atoms with Crippen LogP contribution in [0.5, 0.6) is 0 Å². The molecule has 1 aromatic carbocycles. The van der Waals surface area contributed by atoms with Gasteiger partial charge >= 0.3 is 0 Å². The molecule has 1 aliphatic heterocycles. The molecule has 0 radical (unpaired) electrons. The number of piperazine rings is 1. The molecule has 1 heterocycles. The second kappa shape index (κ2) is 8.11. The van der Waals surface area contributed by atoms with Crippen LogP contribution in [0.25, 0.3) is 0 Å². The lowest BCUT2D eigenvalue weighted by atomic mass is 10.1. The molecular weight excluding hydrogens is 290 g/mol. The Bertz CT molecular complexity index is 549. The lowest BCUT2D eigenvalue weighted by Crippen LogP contribution is -2.48. The van der Waals surface area contributed by atoms with E-state index < -0.39 is 0 Å². The molecule has 0 aliphatic carbocycles. The van der Waals surface area contributed by atoms with Crippen LogP contribution in [0.4, 0.5) is 0 Å². The molecule has 0 atom stereocenters. The zero-order valence-corrected chi connectivity index (χ0v) is 14.3. The molecule has 2 rings (SSSR count). The fraction of sp³-hybridized carbons (Fsp3) is 0.556. The Balaban J connectivity index is 2.01. The van der Waals surface area contributed by atoms with E-state index in [0.29, 0.717) is 23.6 Å². The van der Waals surface area contributed by atoms with E-state index in [1.807, 2.05) is 4.90 Å². The molecule has 1 aromatic rings. The van der Waals surface area contributed by atoms with Gasteiger partial charge < -0.3 is 15.1 Å². The summed E-state index contributed by atoms with van der Waals surface area (Å²) in [4.78, 5) is 29.0. The quantitative estimate of drug-likeness (QED) is 0.902. The fourth-order valence-corrected chi connectivity index (χ4v) is 2.64. The number of nitrogens with one attached hydrogen (secondary N) is 1. The molecule has 23 heavy (non-hydrogen) atoms. The Labute approximate surface area is 138 Å². The summed E-state index contributed by atoms with van der Waals surface area (Å²) in [5.41, 5.74) is 1.14. The highest BCUT2D eigenvalue weighted by Gasteiger charge is 2.21. The molecule has 1 aliphatic rings. The molecule has 0 bridgehead atoms. The minimum Gasteiger partial charge on any atom is -0.352 e. The van der Waals surface area contributed by atoms with Gasteiger partial charge in [0.05, 0.1) is 0 Å². The van der Waals surface area contributed by atoms with Gasteiger partial charge in [0.1, 0.15) is 0 Å². The van der Waals surface area contributed by atoms with Crippen molar-refractivity contribution in [2.45, 2.75) is 20.8 Å². The van der Waals surface area contributed by atoms with Gasteiger partial charge in [-0.1, -0.05) is 26.8 Å². The van der Waals surface area contributed by atoms with Crippen molar-refractivity contribution in [2.75, 3.05) is 39.3 Å². The van der Waals surface area contributed by atoms with E-state index in [-0.39, 0.29) is 11.8 Å². The van der Waals surface area contributed by atoms with Crippen LogP contribution in [-0.4, -0.2) is 60.9 Å². The van der Waals surface area contributed by atoms with Crippen LogP contribution in [0, 0.1) is 5.92 Å². The first kappa shape index (κ1) is 17.5. The summed E-state index contributed by atoms with van der Waals surface area (Å²) in [6.45, 7) is 11.2. The lowest BCUT2D eigenvalue weighted by Gasteiger charge is -2.34. The van der Waals surface area contributed by atoms with Gasteiger partial charge in [0.25, 0.3) is 11.8 Å². The summed E-state index contributed by atoms with van der Waals surface area (Å²) in [5.74, 6) is 0.294. The van der Waals surface area contributed by atoms with Gasteiger partial charge in [-0.15, -0.1) is 0 Å². The minimum atomic E-state index is -0.121. The molecule has 0 saturated carbocycles. The van der Waals surface area contributed by atoms with Crippen LogP contribution >= 0.6 is 0 Å². The first-order valence-electron chi connectivity index (χ1n) is 8.41. The van der Waals surface area contributed by atoms with Crippen molar-refractivity contribution in [3.63, 3.8) is 0 Å². The largest absolute Gasteiger partial charge is 0.352 e. The van der Waals surface area contributed by atoms with Crippen LogP contribution < -0.4 is 5.32 Å². The molecular formula is C18H27N3O2. The van der Waals surface area contributed by atoms with Crippen molar-refractivity contribution < 1.29 is 9.59 Å². The maximum absolute atomic E-state index is 12.6. The minimum absolute atomic E-state index is 0.0132. The van der Waals surface area contributed by atoms with Crippen molar-refractivity contribution in [1.82, 2.24) is 15.1 Å². The Morgan fingerprint density at radius 2 is 1.78 bits per heavy atom. The molecule has 0 spiro atoms. The highest BCUT2D eigenvalue weighted by atomic mass is 16.2. The highest BCUT2D eigenvalue weighted by molar-refractivity contribution is 5.99. The maximum atomic E-state index is 12.6. The summed E-state index contributed by atoms with van der Waals surface area (Å²) < 4.78 is 0. The third-order valence-corrected chi connectivity index (χ3v) is 4.15. The number of benzene rings is 1. The lowest BCUT2D eigenvalue weighted by molar-refractivity contribution is 0.0643. The maximum Gasteiger partial charge on any atom is 0.253 e. The monoisotopic (exact) mass is 317 g/mol. The molecule has 1 fully saturated rings. The second-order valence-corrected chi connectivity index (χ2v) is 6.41. The topological polar surface area (TPSA) is 52.7 Å². The van der Waals surface area contributed by atoms with Crippen LogP contribution in [-0.2, 0) is 0 Å². The zero-order valence-electron chi connectivity index (χ0n) is 14.3. The number of carbonyl (C=O) groups is 2. The van der Waals surface area contributed by atoms with Crippen molar-refractivity contribution in [3.05, 3.63) is 35.4 Å². The summed E-state index contributed by atoms with van der Waals surface area (Å²) in [6.07, 6.45) is 0. The second-order valence-electron chi connectivity index (χ2n) is 6.41. The molecule has 5 heteroatoms. The number of hydrogen-bond donors (Lipinski definition) is 1. The summed E-state index contributed by atoms with van der Waals surface area (Å²) in [5, 5.41) is 2.89. The molecule has 126 valence electrons. The Hall–Kier alpha value is -1.88. The van der Waals surface area contributed by atoms with E-state index in [9.17, 15) is 9.59 Å². The van der Waals surface area contributed by atoms with Gasteiger partial charge in [0.2, 0.25) is 0 Å². The average molecular weight is 317 g/mol. The van der Waals surface area contributed by atoms with E-state index >= 15 is 0 Å². The van der Waals surface area contributed by atoms with E-state index in [1.165, 1.54) is 0 Å². The van der Waals surface area contributed by atoms with Gasteiger partial charge in [-0.2, -0.15) is 0 Å². The standard InChI is InChI=1S/C18H27N3O2/c1-4-20-8-10-21(11-9-20)18(23)16-7-5-6-15(12-16)17(22)19-13-14(2)3/h5-7,12,14H,4,8-11,13H2,1-3H3,(H,19,22). The first-order chi connectivity index (χ1) is 11.0. The highest BCUT2D eigenvalue weighted by Crippen LogP contribution is 2.11. The van der Waals surface area contributed by atoms with Gasteiger partial charge in [-0.3, -0.25) is 9.59 Å². The van der Waals surface area contributed by atoms with E-state index in [1.54, 1.807) is 24.3 Å². The van der Waals surface area contributed by atoms with Gasteiger partial charge in [-0.05, 0) is 30.7 Å². The van der Waals surface area contributed by atoms with Gasteiger partial charge in [0, 0.05) is 43.9 Å². The molecule has 0 aromatic heterocycles. The molecule has 1 N–H and O–H groups in total. The molecule has 2 amide bonds. The fourth-order valence-electron chi connectivity index (χ4n) is 2.64. The predicted octanol–water partition coefficient (Wildman–Crippen LogP) is 1.85. The van der Waals surface area contributed by atoms with E-state index in [2.05, 4.69) is 31.0 Å². The normalized spacial score (nSPS) is 15.7. The summed E-state index contributed by atoms with van der Waals surface area (Å²) >= 11 is 0. The smallest absolute Gasteiger partial charge is 0.253 e. The predicted molar refractivity (Wildman–Crippen MR) is 91.6 cm³/mol. The number of nitrogens with zero attached hydrogens (tertiary/aromatic N) is 2. The molecule has 1 saturated heterocycles. The third kappa shape index (κ3) is 4.79. The summed E-state index contributed by atoms with van der Waals surface area (Å²) in [6, 6.07) is 7.01. The van der Waals surface area contributed by atoms with Crippen molar-refractivity contribution in [1.29, 1.82) is 0 Å². The van der Waals surface area contributed by atoms with Crippen LogP contribution in [0.2, 0.25) is 0 Å². The van der Waals surface area contributed by atoms with Crippen LogP contribution in [0.3, 0.4) is 0 Å². The molecule has 0 unspecified atom stereocenters. The SMILES string of the molecule is CCN1CCN(C(=O)c2cccc(C(=O)NCC(C)C)c2)CC1. The first-order valence-corrected chi connectivity index (χ1v) is 8.41. The van der Waals surface area contributed by atoms with E-state index in [4.69, 9.17) is 0 Å². The van der Waals surface area contributed by atoms with Gasteiger partial charge in [0.15, 0.2) is 0 Å². The number of rotatable bonds is 5. The van der Waals surface area contributed by atoms with Gasteiger partial charge in [-0.25, -0.2) is 0 Å². The number of hydrogen-bond acceptors (Lipinski definition) is 3. The summed E-state index contributed by atoms with van der Waals surface area (Å²) in [7, 11) is 0. The van der Waals surface area contributed by atoms with Crippen molar-refractivity contribution in [2.24, 2.45) is 5.92 Å². The number of likely N-dealkylation sites (N-methyl/N-ethyl adjacent to an activating group) is 1. The molecule has 5 nitrogen and oxygen atoms in total. The Morgan fingerprint density at radius 1 is 1.13 bits per heavy atom. The van der Waals surface area contributed by atoms with E-state index in [0.717, 1.165) is 32.7 Å². The average Bonchev–Trinajstić information content (AvgIpc) is 2.59. The van der Waals surface area contributed by atoms with Crippen LogP contribution in [0.1, 0.15) is 41.5 Å². The van der Waals surface area contributed by atoms with Crippen molar-refractivity contribution in [3.8, 4) is 0 Å². The Morgan fingerprint density at radius 3 is 2.39 bits per heavy atom. The number of carbonyl (C=O) groups excluding carboxylic acids is 2. The van der Waals surface area contributed by atoms with Crippen molar-refractivity contribution >= 4 is 11.8 Å². The Kier molecular flexibility index (Phi) is 6.16. The number of amides is 2.